The maximum atomic E-state index is 13.0. The van der Waals surface area contributed by atoms with Crippen LogP contribution in [0.5, 0.6) is 0 Å². The highest BCUT2D eigenvalue weighted by molar-refractivity contribution is 5.59. The summed E-state index contributed by atoms with van der Waals surface area (Å²) in [6.45, 7) is 3.09. The van der Waals surface area contributed by atoms with Crippen molar-refractivity contribution in [2.24, 2.45) is 0 Å². The molecule has 2 aromatic heterocycles. The zero-order valence-electron chi connectivity index (χ0n) is 14.3. The zero-order chi connectivity index (χ0) is 17.8. The van der Waals surface area contributed by atoms with E-state index in [0.717, 1.165) is 48.6 Å². The van der Waals surface area contributed by atoms with Crippen LogP contribution < -0.4 is 0 Å². The van der Waals surface area contributed by atoms with Gasteiger partial charge in [-0.15, -0.1) is 5.10 Å². The molecule has 1 aliphatic rings. The van der Waals surface area contributed by atoms with Crippen molar-refractivity contribution >= 4 is 0 Å². The van der Waals surface area contributed by atoms with E-state index in [2.05, 4.69) is 25.3 Å². The predicted molar refractivity (Wildman–Crippen MR) is 94.5 cm³/mol. The molecule has 1 aliphatic heterocycles. The van der Waals surface area contributed by atoms with Crippen LogP contribution in [0.2, 0.25) is 0 Å². The van der Waals surface area contributed by atoms with Crippen molar-refractivity contribution in [3.8, 4) is 11.3 Å². The number of aromatic nitrogens is 4. The van der Waals surface area contributed by atoms with Gasteiger partial charge in [0.05, 0.1) is 18.4 Å². The van der Waals surface area contributed by atoms with E-state index in [0.29, 0.717) is 6.61 Å². The summed E-state index contributed by atoms with van der Waals surface area (Å²) >= 11 is 0. The smallest absolute Gasteiger partial charge is 0.123 e. The molecule has 1 aromatic carbocycles. The summed E-state index contributed by atoms with van der Waals surface area (Å²) in [6.07, 6.45) is 4.62. The molecule has 0 aliphatic carbocycles. The van der Waals surface area contributed by atoms with Crippen molar-refractivity contribution in [3.05, 3.63) is 65.9 Å². The molecule has 3 aromatic rings. The molecule has 1 saturated heterocycles. The second-order valence-electron chi connectivity index (χ2n) is 6.46. The lowest BCUT2D eigenvalue weighted by Crippen LogP contribution is -2.23. The van der Waals surface area contributed by atoms with Crippen molar-refractivity contribution in [2.75, 3.05) is 13.1 Å². The van der Waals surface area contributed by atoms with E-state index in [4.69, 9.17) is 4.74 Å². The molecule has 1 N–H and O–H groups in total. The van der Waals surface area contributed by atoms with E-state index >= 15 is 0 Å². The van der Waals surface area contributed by atoms with Crippen LogP contribution >= 0.6 is 0 Å². The summed E-state index contributed by atoms with van der Waals surface area (Å²) in [4.78, 5) is 6.35. The minimum absolute atomic E-state index is 0.170. The number of benzene rings is 1. The largest absolute Gasteiger partial charge is 0.370 e. The molecular formula is C19H20FN5O. The maximum Gasteiger partial charge on any atom is 0.123 e. The molecule has 134 valence electrons. The third kappa shape index (κ3) is 3.95. The van der Waals surface area contributed by atoms with Gasteiger partial charge in [0.1, 0.15) is 11.5 Å². The summed E-state index contributed by atoms with van der Waals surface area (Å²) in [5.74, 6) is -0.199. The van der Waals surface area contributed by atoms with Gasteiger partial charge in [0, 0.05) is 37.6 Å². The van der Waals surface area contributed by atoms with E-state index < -0.39 is 0 Å². The lowest BCUT2D eigenvalue weighted by atomic mass is 10.1. The van der Waals surface area contributed by atoms with E-state index in [1.54, 1.807) is 12.4 Å². The SMILES string of the molecule is Fc1ccc(CN2CC[C@H](OCc3[nH]nnc3-c3ccncc3)C2)cc1. The van der Waals surface area contributed by atoms with Crippen LogP contribution in [0.4, 0.5) is 4.39 Å². The first-order valence-electron chi connectivity index (χ1n) is 8.66. The van der Waals surface area contributed by atoms with Crippen LogP contribution in [0.25, 0.3) is 11.3 Å². The second kappa shape index (κ2) is 7.72. The Hall–Kier alpha value is -2.64. The number of ether oxygens (including phenoxy) is 1. The highest BCUT2D eigenvalue weighted by Crippen LogP contribution is 2.21. The average Bonchev–Trinajstić information content (AvgIpc) is 3.32. The fourth-order valence-electron chi connectivity index (χ4n) is 3.22. The molecule has 6 nitrogen and oxygen atoms in total. The van der Waals surface area contributed by atoms with E-state index in [-0.39, 0.29) is 11.9 Å². The number of hydrogen-bond donors (Lipinski definition) is 1. The van der Waals surface area contributed by atoms with Crippen molar-refractivity contribution in [3.63, 3.8) is 0 Å². The quantitative estimate of drug-likeness (QED) is 0.738. The first-order valence-corrected chi connectivity index (χ1v) is 8.66. The molecule has 0 bridgehead atoms. The van der Waals surface area contributed by atoms with Crippen LogP contribution in [-0.4, -0.2) is 44.5 Å². The van der Waals surface area contributed by atoms with Crippen LogP contribution in [0.15, 0.2) is 48.8 Å². The Bertz CT molecular complexity index is 837. The molecule has 7 heteroatoms. The molecule has 3 heterocycles. The zero-order valence-corrected chi connectivity index (χ0v) is 14.3. The van der Waals surface area contributed by atoms with Gasteiger partial charge in [0.25, 0.3) is 0 Å². The monoisotopic (exact) mass is 353 g/mol. The topological polar surface area (TPSA) is 66.9 Å². The summed E-state index contributed by atoms with van der Waals surface area (Å²) in [5, 5.41) is 11.0. The number of rotatable bonds is 6. The number of nitrogens with zero attached hydrogens (tertiary/aromatic N) is 4. The van der Waals surface area contributed by atoms with Gasteiger partial charge < -0.3 is 4.74 Å². The molecule has 1 fully saturated rings. The summed E-state index contributed by atoms with van der Waals surface area (Å²) in [5.41, 5.74) is 3.75. The van der Waals surface area contributed by atoms with Crippen LogP contribution in [0.3, 0.4) is 0 Å². The lowest BCUT2D eigenvalue weighted by Gasteiger charge is -2.16. The van der Waals surface area contributed by atoms with Crippen molar-refractivity contribution in [2.45, 2.75) is 25.7 Å². The van der Waals surface area contributed by atoms with Gasteiger partial charge in [0.2, 0.25) is 0 Å². The van der Waals surface area contributed by atoms with Crippen molar-refractivity contribution in [1.82, 2.24) is 25.3 Å². The van der Waals surface area contributed by atoms with Gasteiger partial charge >= 0.3 is 0 Å². The van der Waals surface area contributed by atoms with Gasteiger partial charge in [-0.2, -0.15) is 0 Å². The highest BCUT2D eigenvalue weighted by Gasteiger charge is 2.23. The molecule has 0 radical (unpaired) electrons. The first-order chi connectivity index (χ1) is 12.8. The fraction of sp³-hybridized carbons (Fsp3) is 0.316. The molecule has 0 saturated carbocycles. The van der Waals surface area contributed by atoms with E-state index in [1.165, 1.54) is 12.1 Å². The summed E-state index contributed by atoms with van der Waals surface area (Å²) < 4.78 is 19.1. The van der Waals surface area contributed by atoms with Gasteiger partial charge in [-0.1, -0.05) is 17.3 Å². The summed E-state index contributed by atoms with van der Waals surface area (Å²) in [7, 11) is 0. The number of H-pyrrole nitrogens is 1. The number of hydrogen-bond acceptors (Lipinski definition) is 5. The lowest BCUT2D eigenvalue weighted by molar-refractivity contribution is 0.0445. The van der Waals surface area contributed by atoms with E-state index in [1.807, 2.05) is 24.3 Å². The Kier molecular flexibility index (Phi) is 4.99. The van der Waals surface area contributed by atoms with Crippen LogP contribution in [-0.2, 0) is 17.9 Å². The Balaban J connectivity index is 1.31. The van der Waals surface area contributed by atoms with Crippen molar-refractivity contribution < 1.29 is 9.13 Å². The van der Waals surface area contributed by atoms with Gasteiger partial charge in [-0.3, -0.25) is 15.0 Å². The molecular weight excluding hydrogens is 333 g/mol. The Labute approximate surface area is 151 Å². The van der Waals surface area contributed by atoms with Crippen molar-refractivity contribution in [1.29, 1.82) is 0 Å². The molecule has 0 spiro atoms. The first kappa shape index (κ1) is 16.8. The molecule has 1 atom stereocenters. The standard InChI is InChI=1S/C19H20FN5O/c20-16-3-1-14(2-4-16)11-25-10-7-17(12-25)26-13-18-19(23-24-22-18)15-5-8-21-9-6-15/h1-6,8-9,17H,7,10-13H2,(H,22,23,24)/t17-/m0/s1. The third-order valence-corrected chi connectivity index (χ3v) is 4.59. The summed E-state index contributed by atoms with van der Waals surface area (Å²) in [6, 6.07) is 10.5. The average molecular weight is 353 g/mol. The Morgan fingerprint density at radius 1 is 1.15 bits per heavy atom. The van der Waals surface area contributed by atoms with Crippen LogP contribution in [0, 0.1) is 5.82 Å². The van der Waals surface area contributed by atoms with Gasteiger partial charge in [0.15, 0.2) is 0 Å². The Morgan fingerprint density at radius 2 is 1.96 bits per heavy atom. The molecule has 26 heavy (non-hydrogen) atoms. The molecule has 0 unspecified atom stereocenters. The molecule has 0 amide bonds. The number of likely N-dealkylation sites (tertiary alicyclic amines) is 1. The van der Waals surface area contributed by atoms with E-state index in [9.17, 15) is 4.39 Å². The fourth-order valence-corrected chi connectivity index (χ4v) is 3.22. The van der Waals surface area contributed by atoms with Gasteiger partial charge in [-0.05, 0) is 36.2 Å². The maximum absolute atomic E-state index is 13.0. The highest BCUT2D eigenvalue weighted by atomic mass is 19.1. The third-order valence-electron chi connectivity index (χ3n) is 4.59. The Morgan fingerprint density at radius 3 is 2.77 bits per heavy atom. The predicted octanol–water partition coefficient (Wildman–Crippen LogP) is 2.80. The normalized spacial score (nSPS) is 17.7. The number of pyridine rings is 1. The van der Waals surface area contributed by atoms with Crippen LogP contribution in [0.1, 0.15) is 17.7 Å². The minimum Gasteiger partial charge on any atom is -0.370 e. The second-order valence-corrected chi connectivity index (χ2v) is 6.46. The van der Waals surface area contributed by atoms with Gasteiger partial charge in [-0.25, -0.2) is 4.39 Å². The molecule has 4 rings (SSSR count). The minimum atomic E-state index is -0.199. The number of nitrogens with one attached hydrogen (secondary N) is 1. The number of halogens is 1. The number of aromatic amines is 1.